The number of amides is 1. The van der Waals surface area contributed by atoms with E-state index in [1.165, 1.54) is 12.8 Å². The van der Waals surface area contributed by atoms with Crippen LogP contribution in [0.1, 0.15) is 37.7 Å². The lowest BCUT2D eigenvalue weighted by atomic mass is 9.83. The molecule has 1 aromatic carbocycles. The zero-order valence-electron chi connectivity index (χ0n) is 11.8. The minimum Gasteiger partial charge on any atom is -0.396 e. The highest BCUT2D eigenvalue weighted by Gasteiger charge is 2.24. The summed E-state index contributed by atoms with van der Waals surface area (Å²) in [5.74, 6) is 0.361. The largest absolute Gasteiger partial charge is 0.396 e. The van der Waals surface area contributed by atoms with Crippen molar-refractivity contribution in [3.8, 4) is 0 Å². The highest BCUT2D eigenvalue weighted by Crippen LogP contribution is 2.26. The van der Waals surface area contributed by atoms with E-state index in [1.807, 2.05) is 24.3 Å². The number of carbonyl (C=O) groups excluding carboxylic acids is 1. The standard InChI is InChI=1S/C16H24N2O2/c17-15-4-2-1-3-13(15)11-16(20)18-14-7-5-12(6-8-14)9-10-19/h5-8,13,15,19H,1-4,9-11,17H2,(H,18,20). The smallest absolute Gasteiger partial charge is 0.224 e. The summed E-state index contributed by atoms with van der Waals surface area (Å²) in [6.45, 7) is 0.144. The first-order valence-electron chi connectivity index (χ1n) is 7.44. The van der Waals surface area contributed by atoms with Crippen molar-refractivity contribution >= 4 is 11.6 Å². The fraction of sp³-hybridized carbons (Fsp3) is 0.562. The second kappa shape index (κ2) is 7.41. The van der Waals surface area contributed by atoms with E-state index in [-0.39, 0.29) is 18.6 Å². The van der Waals surface area contributed by atoms with Gasteiger partial charge in [0.25, 0.3) is 0 Å². The number of aliphatic hydroxyl groups is 1. The molecule has 2 rings (SSSR count). The summed E-state index contributed by atoms with van der Waals surface area (Å²) in [6.07, 6.45) is 5.62. The van der Waals surface area contributed by atoms with Gasteiger partial charge >= 0.3 is 0 Å². The van der Waals surface area contributed by atoms with E-state index in [2.05, 4.69) is 5.32 Å². The topological polar surface area (TPSA) is 75.4 Å². The molecular formula is C16H24N2O2. The van der Waals surface area contributed by atoms with Gasteiger partial charge in [0.1, 0.15) is 0 Å². The van der Waals surface area contributed by atoms with Gasteiger partial charge < -0.3 is 16.2 Å². The minimum atomic E-state index is 0.0438. The van der Waals surface area contributed by atoms with E-state index in [0.717, 1.165) is 24.1 Å². The molecule has 20 heavy (non-hydrogen) atoms. The Kier molecular flexibility index (Phi) is 5.56. The van der Waals surface area contributed by atoms with Gasteiger partial charge in [-0.05, 0) is 42.9 Å². The average Bonchev–Trinajstić information content (AvgIpc) is 2.44. The molecule has 1 amide bonds. The summed E-state index contributed by atoms with van der Waals surface area (Å²) >= 11 is 0. The van der Waals surface area contributed by atoms with Gasteiger partial charge in [-0.1, -0.05) is 25.0 Å². The molecule has 0 heterocycles. The van der Waals surface area contributed by atoms with E-state index in [9.17, 15) is 4.79 Å². The van der Waals surface area contributed by atoms with Crippen molar-refractivity contribution in [3.63, 3.8) is 0 Å². The Balaban J connectivity index is 1.84. The fourth-order valence-corrected chi connectivity index (χ4v) is 2.82. The maximum Gasteiger partial charge on any atom is 0.224 e. The van der Waals surface area contributed by atoms with Crippen LogP contribution in [0.5, 0.6) is 0 Å². The van der Waals surface area contributed by atoms with Crippen LogP contribution in [-0.4, -0.2) is 23.7 Å². The fourth-order valence-electron chi connectivity index (χ4n) is 2.82. The van der Waals surface area contributed by atoms with E-state index in [1.54, 1.807) is 0 Å². The van der Waals surface area contributed by atoms with Crippen LogP contribution in [0.3, 0.4) is 0 Å². The number of nitrogens with two attached hydrogens (primary N) is 1. The van der Waals surface area contributed by atoms with Gasteiger partial charge in [0.2, 0.25) is 5.91 Å². The van der Waals surface area contributed by atoms with Crippen LogP contribution in [0.15, 0.2) is 24.3 Å². The summed E-state index contributed by atoms with van der Waals surface area (Å²) in [5, 5.41) is 11.8. The molecule has 0 bridgehead atoms. The Morgan fingerprint density at radius 1 is 1.25 bits per heavy atom. The average molecular weight is 276 g/mol. The summed E-state index contributed by atoms with van der Waals surface area (Å²) in [6, 6.07) is 7.78. The lowest BCUT2D eigenvalue weighted by Gasteiger charge is -2.27. The molecule has 2 unspecified atom stereocenters. The Hall–Kier alpha value is -1.39. The summed E-state index contributed by atoms with van der Waals surface area (Å²) in [5.41, 5.74) is 7.95. The molecule has 2 atom stereocenters. The van der Waals surface area contributed by atoms with Crippen LogP contribution in [0, 0.1) is 5.92 Å². The van der Waals surface area contributed by atoms with Crippen LogP contribution in [-0.2, 0) is 11.2 Å². The zero-order valence-corrected chi connectivity index (χ0v) is 11.8. The van der Waals surface area contributed by atoms with Crippen molar-refractivity contribution in [2.45, 2.75) is 44.6 Å². The maximum atomic E-state index is 12.0. The first kappa shape index (κ1) is 15.0. The molecule has 1 fully saturated rings. The molecule has 1 saturated carbocycles. The number of rotatable bonds is 5. The van der Waals surface area contributed by atoms with Gasteiger partial charge in [-0.3, -0.25) is 4.79 Å². The van der Waals surface area contributed by atoms with Crippen molar-refractivity contribution in [1.82, 2.24) is 0 Å². The third-order valence-electron chi connectivity index (χ3n) is 4.05. The zero-order chi connectivity index (χ0) is 14.4. The Labute approximate surface area is 120 Å². The molecule has 1 aliphatic rings. The number of anilines is 1. The Morgan fingerprint density at radius 3 is 2.60 bits per heavy atom. The van der Waals surface area contributed by atoms with Gasteiger partial charge in [0.05, 0.1) is 0 Å². The molecule has 1 aliphatic carbocycles. The molecular weight excluding hydrogens is 252 g/mol. The molecule has 0 aromatic heterocycles. The molecule has 0 spiro atoms. The predicted octanol–water partition coefficient (Wildman–Crippen LogP) is 2.07. The Morgan fingerprint density at radius 2 is 1.95 bits per heavy atom. The van der Waals surface area contributed by atoms with Gasteiger partial charge in [0.15, 0.2) is 0 Å². The third-order valence-corrected chi connectivity index (χ3v) is 4.05. The molecule has 0 saturated heterocycles. The van der Waals surface area contributed by atoms with Crippen LogP contribution < -0.4 is 11.1 Å². The van der Waals surface area contributed by atoms with E-state index in [0.29, 0.717) is 18.8 Å². The molecule has 4 heteroatoms. The molecule has 4 N–H and O–H groups in total. The van der Waals surface area contributed by atoms with Crippen molar-refractivity contribution in [3.05, 3.63) is 29.8 Å². The monoisotopic (exact) mass is 276 g/mol. The van der Waals surface area contributed by atoms with E-state index in [4.69, 9.17) is 10.8 Å². The number of benzene rings is 1. The van der Waals surface area contributed by atoms with Crippen molar-refractivity contribution < 1.29 is 9.90 Å². The highest BCUT2D eigenvalue weighted by molar-refractivity contribution is 5.90. The van der Waals surface area contributed by atoms with Crippen molar-refractivity contribution in [2.24, 2.45) is 11.7 Å². The van der Waals surface area contributed by atoms with E-state index < -0.39 is 0 Å². The van der Waals surface area contributed by atoms with Crippen LogP contribution in [0.25, 0.3) is 0 Å². The number of aliphatic hydroxyl groups excluding tert-OH is 1. The van der Waals surface area contributed by atoms with Crippen LogP contribution in [0.2, 0.25) is 0 Å². The maximum absolute atomic E-state index is 12.0. The van der Waals surface area contributed by atoms with Crippen molar-refractivity contribution in [1.29, 1.82) is 0 Å². The summed E-state index contributed by atoms with van der Waals surface area (Å²) < 4.78 is 0. The van der Waals surface area contributed by atoms with Gasteiger partial charge in [-0.2, -0.15) is 0 Å². The molecule has 1 aromatic rings. The number of hydrogen-bond acceptors (Lipinski definition) is 3. The first-order chi connectivity index (χ1) is 9.69. The molecule has 0 radical (unpaired) electrons. The van der Waals surface area contributed by atoms with E-state index >= 15 is 0 Å². The second-order valence-electron chi connectivity index (χ2n) is 5.63. The highest BCUT2D eigenvalue weighted by atomic mass is 16.2. The van der Waals surface area contributed by atoms with Gasteiger partial charge in [-0.25, -0.2) is 0 Å². The summed E-state index contributed by atoms with van der Waals surface area (Å²) in [4.78, 5) is 12.0. The molecule has 110 valence electrons. The van der Waals surface area contributed by atoms with Crippen LogP contribution in [0.4, 0.5) is 5.69 Å². The number of nitrogens with one attached hydrogen (secondary N) is 1. The minimum absolute atomic E-state index is 0.0438. The van der Waals surface area contributed by atoms with Crippen molar-refractivity contribution in [2.75, 3.05) is 11.9 Å². The predicted molar refractivity (Wildman–Crippen MR) is 80.4 cm³/mol. The first-order valence-corrected chi connectivity index (χ1v) is 7.44. The number of carbonyl (C=O) groups is 1. The molecule has 0 aliphatic heterocycles. The SMILES string of the molecule is NC1CCCCC1CC(=O)Nc1ccc(CCO)cc1. The Bertz CT molecular complexity index is 431. The lowest BCUT2D eigenvalue weighted by Crippen LogP contribution is -2.35. The quantitative estimate of drug-likeness (QED) is 0.770. The lowest BCUT2D eigenvalue weighted by molar-refractivity contribution is -0.117. The second-order valence-corrected chi connectivity index (χ2v) is 5.63. The van der Waals surface area contributed by atoms with Crippen LogP contribution >= 0.6 is 0 Å². The number of hydrogen-bond donors (Lipinski definition) is 3. The third kappa shape index (κ3) is 4.32. The summed E-state index contributed by atoms with van der Waals surface area (Å²) in [7, 11) is 0. The van der Waals surface area contributed by atoms with Gasteiger partial charge in [0, 0.05) is 24.8 Å². The van der Waals surface area contributed by atoms with Gasteiger partial charge in [-0.15, -0.1) is 0 Å². The normalized spacial score (nSPS) is 22.5. The molecule has 4 nitrogen and oxygen atoms in total.